The first-order valence-corrected chi connectivity index (χ1v) is 4.73. The first-order valence-electron chi connectivity index (χ1n) is 3.96. The number of aromatic nitrogens is 2. The summed E-state index contributed by atoms with van der Waals surface area (Å²) in [5, 5.41) is 3.96. The maximum Gasteiger partial charge on any atom is 0.198 e. The molecular formula is C9H12N2OS. The van der Waals surface area contributed by atoms with Crippen LogP contribution in [0.15, 0.2) is 12.7 Å². The number of allylic oxidation sites excluding steroid dienone is 1. The molecular weight excluding hydrogens is 184 g/mol. The molecule has 3 nitrogen and oxygen atoms in total. The lowest BCUT2D eigenvalue weighted by atomic mass is 9.91. The Balaban J connectivity index is 3.17. The predicted molar refractivity (Wildman–Crippen MR) is 53.1 cm³/mol. The van der Waals surface area contributed by atoms with Gasteiger partial charge in [0, 0.05) is 5.41 Å². The molecule has 1 aromatic rings. The molecule has 0 aromatic carbocycles. The zero-order chi connectivity index (χ0) is 10.1. The van der Waals surface area contributed by atoms with Crippen molar-refractivity contribution in [1.29, 1.82) is 0 Å². The largest absolute Gasteiger partial charge is 0.288 e. The molecule has 4 heteroatoms. The SMILES string of the molecule is C=CC(=O)c1snnc1C(C)(C)C. The third kappa shape index (κ3) is 2.01. The van der Waals surface area contributed by atoms with Crippen molar-refractivity contribution in [2.45, 2.75) is 26.2 Å². The van der Waals surface area contributed by atoms with Gasteiger partial charge in [0.2, 0.25) is 0 Å². The van der Waals surface area contributed by atoms with Gasteiger partial charge in [0.15, 0.2) is 5.78 Å². The van der Waals surface area contributed by atoms with Crippen molar-refractivity contribution < 1.29 is 4.79 Å². The van der Waals surface area contributed by atoms with E-state index in [4.69, 9.17) is 0 Å². The molecule has 0 aliphatic carbocycles. The van der Waals surface area contributed by atoms with Gasteiger partial charge in [0.1, 0.15) is 4.88 Å². The van der Waals surface area contributed by atoms with E-state index in [0.29, 0.717) is 4.88 Å². The highest BCUT2D eigenvalue weighted by Gasteiger charge is 2.24. The molecule has 1 heterocycles. The third-order valence-corrected chi connectivity index (χ3v) is 2.35. The van der Waals surface area contributed by atoms with Gasteiger partial charge in [-0.15, -0.1) is 5.10 Å². The Morgan fingerprint density at radius 2 is 2.15 bits per heavy atom. The topological polar surface area (TPSA) is 42.9 Å². The smallest absolute Gasteiger partial charge is 0.198 e. The van der Waals surface area contributed by atoms with E-state index in [1.54, 1.807) is 0 Å². The molecule has 0 aliphatic heterocycles. The summed E-state index contributed by atoms with van der Waals surface area (Å²) in [7, 11) is 0. The molecule has 0 fully saturated rings. The maximum absolute atomic E-state index is 11.4. The normalized spacial score (nSPS) is 11.3. The molecule has 0 aliphatic rings. The van der Waals surface area contributed by atoms with Gasteiger partial charge >= 0.3 is 0 Å². The molecule has 0 amide bonds. The van der Waals surface area contributed by atoms with Gasteiger partial charge in [-0.05, 0) is 17.6 Å². The van der Waals surface area contributed by atoms with Crippen molar-refractivity contribution in [1.82, 2.24) is 9.59 Å². The molecule has 0 radical (unpaired) electrons. The molecule has 1 rings (SSSR count). The average molecular weight is 196 g/mol. The maximum atomic E-state index is 11.4. The lowest BCUT2D eigenvalue weighted by molar-refractivity contribution is 0.104. The molecule has 13 heavy (non-hydrogen) atoms. The standard InChI is InChI=1S/C9H12N2OS/c1-5-6(12)7-8(9(2,3)4)10-11-13-7/h5H,1H2,2-4H3. The van der Waals surface area contributed by atoms with Crippen molar-refractivity contribution in [2.75, 3.05) is 0 Å². The fourth-order valence-corrected chi connectivity index (χ4v) is 1.75. The van der Waals surface area contributed by atoms with Gasteiger partial charge in [-0.25, -0.2) is 0 Å². The summed E-state index contributed by atoms with van der Waals surface area (Å²) in [4.78, 5) is 12.0. The lowest BCUT2D eigenvalue weighted by Crippen LogP contribution is -2.15. The molecule has 0 N–H and O–H groups in total. The van der Waals surface area contributed by atoms with Crippen LogP contribution in [0.1, 0.15) is 36.1 Å². The summed E-state index contributed by atoms with van der Waals surface area (Å²) in [5.74, 6) is -0.0973. The summed E-state index contributed by atoms with van der Waals surface area (Å²) in [6.45, 7) is 9.45. The van der Waals surface area contributed by atoms with Crippen LogP contribution < -0.4 is 0 Å². The van der Waals surface area contributed by atoms with Crippen molar-refractivity contribution in [3.8, 4) is 0 Å². The Hall–Kier alpha value is -1.03. The summed E-state index contributed by atoms with van der Waals surface area (Å²) in [5.41, 5.74) is 0.614. The van der Waals surface area contributed by atoms with Gasteiger partial charge in [0.05, 0.1) is 5.69 Å². The van der Waals surface area contributed by atoms with Crippen LogP contribution in [0, 0.1) is 0 Å². The summed E-state index contributed by atoms with van der Waals surface area (Å²) < 4.78 is 3.78. The quantitative estimate of drug-likeness (QED) is 0.538. The van der Waals surface area contributed by atoms with E-state index in [2.05, 4.69) is 16.2 Å². The Morgan fingerprint density at radius 1 is 1.54 bits per heavy atom. The molecule has 70 valence electrons. The van der Waals surface area contributed by atoms with Gasteiger partial charge in [-0.3, -0.25) is 4.79 Å². The van der Waals surface area contributed by atoms with Gasteiger partial charge in [-0.1, -0.05) is 31.8 Å². The number of hydrogen-bond acceptors (Lipinski definition) is 4. The van der Waals surface area contributed by atoms with Crippen LogP contribution in [0.25, 0.3) is 0 Å². The second kappa shape index (κ2) is 3.38. The minimum Gasteiger partial charge on any atom is -0.288 e. The first-order chi connectivity index (χ1) is 5.96. The van der Waals surface area contributed by atoms with Crippen LogP contribution in [0.3, 0.4) is 0 Å². The Morgan fingerprint density at radius 3 is 2.62 bits per heavy atom. The second-order valence-corrected chi connectivity index (χ2v) is 4.52. The molecule has 0 spiro atoms. The second-order valence-electron chi connectivity index (χ2n) is 3.77. The van der Waals surface area contributed by atoms with Gasteiger partial charge in [-0.2, -0.15) is 0 Å². The van der Waals surface area contributed by atoms with E-state index in [-0.39, 0.29) is 11.2 Å². The minimum atomic E-state index is -0.138. The summed E-state index contributed by atoms with van der Waals surface area (Å²) in [6.07, 6.45) is 1.30. The highest BCUT2D eigenvalue weighted by Crippen LogP contribution is 2.25. The van der Waals surface area contributed by atoms with E-state index in [0.717, 1.165) is 17.2 Å². The number of carbonyl (C=O) groups is 1. The number of ketones is 1. The van der Waals surface area contributed by atoms with Crippen molar-refractivity contribution in [3.05, 3.63) is 23.2 Å². The van der Waals surface area contributed by atoms with Crippen LogP contribution in [0.5, 0.6) is 0 Å². The zero-order valence-corrected chi connectivity index (χ0v) is 8.81. The van der Waals surface area contributed by atoms with E-state index >= 15 is 0 Å². The van der Waals surface area contributed by atoms with Gasteiger partial charge < -0.3 is 0 Å². The highest BCUT2D eigenvalue weighted by atomic mass is 32.1. The number of carbonyl (C=O) groups excluding carboxylic acids is 1. The van der Waals surface area contributed by atoms with Crippen LogP contribution in [-0.4, -0.2) is 15.4 Å². The molecule has 0 bridgehead atoms. The zero-order valence-electron chi connectivity index (χ0n) is 8.00. The van der Waals surface area contributed by atoms with Crippen LogP contribution in [0.4, 0.5) is 0 Å². The summed E-state index contributed by atoms with van der Waals surface area (Å²) in [6, 6.07) is 0. The monoisotopic (exact) mass is 196 g/mol. The van der Waals surface area contributed by atoms with Crippen LogP contribution in [-0.2, 0) is 5.41 Å². The Kier molecular flexibility index (Phi) is 2.61. The van der Waals surface area contributed by atoms with Crippen molar-refractivity contribution in [2.24, 2.45) is 0 Å². The van der Waals surface area contributed by atoms with E-state index < -0.39 is 0 Å². The van der Waals surface area contributed by atoms with Crippen LogP contribution >= 0.6 is 11.5 Å². The average Bonchev–Trinajstić information content (AvgIpc) is 2.49. The molecule has 0 saturated heterocycles. The number of hydrogen-bond donors (Lipinski definition) is 0. The first kappa shape index (κ1) is 10.1. The lowest BCUT2D eigenvalue weighted by Gasteiger charge is -2.15. The number of rotatable bonds is 2. The third-order valence-electron chi connectivity index (χ3n) is 1.61. The Bertz CT molecular complexity index is 336. The highest BCUT2D eigenvalue weighted by molar-refractivity contribution is 7.08. The van der Waals surface area contributed by atoms with Gasteiger partial charge in [0.25, 0.3) is 0 Å². The van der Waals surface area contributed by atoms with Crippen molar-refractivity contribution >= 4 is 17.3 Å². The van der Waals surface area contributed by atoms with Crippen molar-refractivity contribution in [3.63, 3.8) is 0 Å². The fraction of sp³-hybridized carbons (Fsp3) is 0.444. The van der Waals surface area contributed by atoms with Crippen LogP contribution in [0.2, 0.25) is 0 Å². The molecule has 0 atom stereocenters. The fourth-order valence-electron chi connectivity index (χ4n) is 0.936. The Labute approximate surface area is 81.6 Å². The van der Waals surface area contributed by atoms with E-state index in [1.807, 2.05) is 20.8 Å². The number of nitrogens with zero attached hydrogens (tertiary/aromatic N) is 2. The molecule has 0 saturated carbocycles. The summed E-state index contributed by atoms with van der Waals surface area (Å²) >= 11 is 1.13. The predicted octanol–water partition coefficient (Wildman–Crippen LogP) is 2.20. The van der Waals surface area contributed by atoms with E-state index in [9.17, 15) is 4.79 Å². The molecule has 0 unspecified atom stereocenters. The van der Waals surface area contributed by atoms with E-state index in [1.165, 1.54) is 6.08 Å². The minimum absolute atomic E-state index is 0.0973. The molecule has 1 aromatic heterocycles.